The van der Waals surface area contributed by atoms with Crippen molar-refractivity contribution in [2.45, 2.75) is 23.3 Å². The van der Waals surface area contributed by atoms with Crippen LogP contribution in [0.3, 0.4) is 0 Å². The van der Waals surface area contributed by atoms with E-state index >= 15 is 0 Å². The Labute approximate surface area is 178 Å². The van der Waals surface area contributed by atoms with Crippen molar-refractivity contribution in [2.24, 2.45) is 4.99 Å². The second-order valence-corrected chi connectivity index (χ2v) is 9.56. The van der Waals surface area contributed by atoms with Gasteiger partial charge in [-0.25, -0.2) is 13.2 Å². The molecule has 0 aromatic heterocycles. The second-order valence-electron chi connectivity index (χ2n) is 7.19. The summed E-state index contributed by atoms with van der Waals surface area (Å²) in [5, 5.41) is 12.1. The van der Waals surface area contributed by atoms with Gasteiger partial charge in [0.05, 0.1) is 10.5 Å². The fraction of sp³-hybridized carbons (Fsp3) is 0.250. The first kappa shape index (κ1) is 20.5. The number of amides is 1. The number of carbonyl (C=O) groups is 2. The number of amidine groups is 1. The van der Waals surface area contributed by atoms with Crippen molar-refractivity contribution in [1.29, 1.82) is 0 Å². The number of rotatable bonds is 4. The zero-order chi connectivity index (χ0) is 21.5. The van der Waals surface area contributed by atoms with Crippen LogP contribution in [0.5, 0.6) is 0 Å². The van der Waals surface area contributed by atoms with Gasteiger partial charge in [0.25, 0.3) is 5.91 Å². The lowest BCUT2D eigenvalue weighted by Crippen LogP contribution is -2.50. The van der Waals surface area contributed by atoms with Gasteiger partial charge in [0.1, 0.15) is 11.4 Å². The molecule has 4 rings (SSSR count). The zero-order valence-electron chi connectivity index (χ0n) is 15.7. The van der Waals surface area contributed by atoms with Crippen LogP contribution >= 0.6 is 11.6 Å². The van der Waals surface area contributed by atoms with Crippen molar-refractivity contribution in [2.75, 3.05) is 13.1 Å². The third-order valence-electron chi connectivity index (χ3n) is 5.37. The van der Waals surface area contributed by atoms with Gasteiger partial charge in [0.2, 0.25) is 10.0 Å². The SMILES string of the molecule is O=C(O)c1ccc(C2=NC3(CCN(S(=O)(=O)c4cccc(Cl)c4)CC3)C(=O)N2)cc1. The van der Waals surface area contributed by atoms with Crippen molar-refractivity contribution in [3.05, 3.63) is 64.7 Å². The Morgan fingerprint density at radius 3 is 2.40 bits per heavy atom. The first-order valence-electron chi connectivity index (χ1n) is 9.22. The van der Waals surface area contributed by atoms with Crippen LogP contribution in [0.1, 0.15) is 28.8 Å². The molecule has 8 nitrogen and oxygen atoms in total. The molecule has 1 amide bonds. The van der Waals surface area contributed by atoms with E-state index in [0.29, 0.717) is 16.4 Å². The minimum Gasteiger partial charge on any atom is -0.478 e. The Morgan fingerprint density at radius 2 is 1.80 bits per heavy atom. The summed E-state index contributed by atoms with van der Waals surface area (Å²) in [6.07, 6.45) is 0.491. The summed E-state index contributed by atoms with van der Waals surface area (Å²) >= 11 is 5.92. The molecule has 1 spiro atoms. The molecule has 2 aliphatic rings. The Kier molecular flexibility index (Phi) is 5.13. The lowest BCUT2D eigenvalue weighted by atomic mass is 9.89. The molecule has 2 aromatic rings. The minimum absolute atomic E-state index is 0.115. The standard InChI is InChI=1S/C20H18ClN3O5S/c21-15-2-1-3-16(12-15)30(28,29)24-10-8-20(9-11-24)19(27)22-17(23-20)13-4-6-14(7-5-13)18(25)26/h1-7,12H,8-11H2,(H,25,26)(H,22,23,27). The van der Waals surface area contributed by atoms with Gasteiger partial charge in [0.15, 0.2) is 0 Å². The molecular formula is C20H18ClN3O5S. The van der Waals surface area contributed by atoms with Gasteiger partial charge in [0, 0.05) is 23.7 Å². The van der Waals surface area contributed by atoms with Crippen molar-refractivity contribution in [3.8, 4) is 0 Å². The number of carboxylic acid groups (broad SMARTS) is 1. The predicted molar refractivity (Wildman–Crippen MR) is 110 cm³/mol. The molecule has 1 saturated heterocycles. The van der Waals surface area contributed by atoms with E-state index in [-0.39, 0.29) is 42.3 Å². The van der Waals surface area contributed by atoms with Crippen molar-refractivity contribution in [1.82, 2.24) is 9.62 Å². The highest BCUT2D eigenvalue weighted by Gasteiger charge is 2.47. The molecule has 0 atom stereocenters. The van der Waals surface area contributed by atoms with Crippen LogP contribution in [-0.4, -0.2) is 54.2 Å². The second kappa shape index (κ2) is 7.50. The maximum Gasteiger partial charge on any atom is 0.335 e. The first-order chi connectivity index (χ1) is 14.2. The van der Waals surface area contributed by atoms with E-state index in [2.05, 4.69) is 10.3 Å². The van der Waals surface area contributed by atoms with E-state index in [0.717, 1.165) is 0 Å². The van der Waals surface area contributed by atoms with Gasteiger partial charge in [-0.05, 0) is 43.2 Å². The Hall–Kier alpha value is -2.75. The van der Waals surface area contributed by atoms with E-state index in [1.54, 1.807) is 24.3 Å². The number of nitrogens with one attached hydrogen (secondary N) is 1. The summed E-state index contributed by atoms with van der Waals surface area (Å²) in [6.45, 7) is 0.300. The molecule has 0 saturated carbocycles. The molecule has 2 heterocycles. The van der Waals surface area contributed by atoms with E-state index < -0.39 is 21.5 Å². The number of hydrogen-bond donors (Lipinski definition) is 2. The highest BCUT2D eigenvalue weighted by molar-refractivity contribution is 7.89. The lowest BCUT2D eigenvalue weighted by molar-refractivity contribution is -0.124. The highest BCUT2D eigenvalue weighted by Crippen LogP contribution is 2.33. The summed E-state index contributed by atoms with van der Waals surface area (Å²) in [6, 6.07) is 12.1. The molecule has 0 bridgehead atoms. The van der Waals surface area contributed by atoms with Crippen LogP contribution in [-0.2, 0) is 14.8 Å². The van der Waals surface area contributed by atoms with E-state index in [9.17, 15) is 18.0 Å². The molecule has 1 fully saturated rings. The van der Waals surface area contributed by atoms with E-state index in [1.165, 1.54) is 28.6 Å². The molecule has 2 aromatic carbocycles. The molecular weight excluding hydrogens is 430 g/mol. The topological polar surface area (TPSA) is 116 Å². The predicted octanol–water partition coefficient (Wildman–Crippen LogP) is 2.14. The maximum absolute atomic E-state index is 12.9. The number of sulfonamides is 1. The van der Waals surface area contributed by atoms with Gasteiger partial charge in [-0.15, -0.1) is 0 Å². The van der Waals surface area contributed by atoms with E-state index in [4.69, 9.17) is 16.7 Å². The largest absolute Gasteiger partial charge is 0.478 e. The average Bonchev–Trinajstić information content (AvgIpc) is 3.04. The third kappa shape index (κ3) is 3.60. The summed E-state index contributed by atoms with van der Waals surface area (Å²) in [5.41, 5.74) is -0.293. The minimum atomic E-state index is -3.71. The quantitative estimate of drug-likeness (QED) is 0.744. The van der Waals surface area contributed by atoms with Crippen LogP contribution < -0.4 is 5.32 Å². The van der Waals surface area contributed by atoms with Gasteiger partial charge >= 0.3 is 5.97 Å². The number of hydrogen-bond acceptors (Lipinski definition) is 5. The average molecular weight is 448 g/mol. The fourth-order valence-corrected chi connectivity index (χ4v) is 5.38. The smallest absolute Gasteiger partial charge is 0.335 e. The molecule has 0 radical (unpaired) electrons. The number of piperidine rings is 1. The monoisotopic (exact) mass is 447 g/mol. The zero-order valence-corrected chi connectivity index (χ0v) is 17.3. The summed E-state index contributed by atoms with van der Waals surface area (Å²) in [5.74, 6) is -0.952. The van der Waals surface area contributed by atoms with Crippen LogP contribution in [0.2, 0.25) is 5.02 Å². The maximum atomic E-state index is 12.9. The normalized spacial score (nSPS) is 18.8. The van der Waals surface area contributed by atoms with Crippen LogP contribution in [0.15, 0.2) is 58.4 Å². The number of carboxylic acids is 1. The highest BCUT2D eigenvalue weighted by atomic mass is 35.5. The van der Waals surface area contributed by atoms with Gasteiger partial charge in [-0.2, -0.15) is 4.31 Å². The van der Waals surface area contributed by atoms with Crippen LogP contribution in [0, 0.1) is 0 Å². The molecule has 2 aliphatic heterocycles. The van der Waals surface area contributed by atoms with Crippen LogP contribution in [0.25, 0.3) is 0 Å². The third-order valence-corrected chi connectivity index (χ3v) is 7.50. The summed E-state index contributed by atoms with van der Waals surface area (Å²) in [4.78, 5) is 28.4. The molecule has 30 heavy (non-hydrogen) atoms. The number of carbonyl (C=O) groups excluding carboxylic acids is 1. The van der Waals surface area contributed by atoms with Gasteiger partial charge in [-0.1, -0.05) is 29.8 Å². The molecule has 2 N–H and O–H groups in total. The molecule has 0 aliphatic carbocycles. The number of aromatic carboxylic acids is 1. The molecule has 156 valence electrons. The number of aliphatic imine (C=N–C) groups is 1. The number of nitrogens with zero attached hydrogens (tertiary/aromatic N) is 2. The lowest BCUT2D eigenvalue weighted by Gasteiger charge is -2.34. The van der Waals surface area contributed by atoms with Crippen molar-refractivity contribution >= 4 is 39.3 Å². The van der Waals surface area contributed by atoms with E-state index in [1.807, 2.05) is 0 Å². The summed E-state index contributed by atoms with van der Waals surface area (Å²) < 4.78 is 27.1. The van der Waals surface area contributed by atoms with Crippen molar-refractivity contribution in [3.63, 3.8) is 0 Å². The summed E-state index contributed by atoms with van der Waals surface area (Å²) in [7, 11) is -3.71. The van der Waals surface area contributed by atoms with Gasteiger partial charge < -0.3 is 10.4 Å². The first-order valence-corrected chi connectivity index (χ1v) is 11.0. The number of benzene rings is 2. The Morgan fingerprint density at radius 1 is 1.13 bits per heavy atom. The Balaban J connectivity index is 1.53. The van der Waals surface area contributed by atoms with Gasteiger partial charge in [-0.3, -0.25) is 9.79 Å². The number of halogens is 1. The van der Waals surface area contributed by atoms with Crippen LogP contribution in [0.4, 0.5) is 0 Å². The fourth-order valence-electron chi connectivity index (χ4n) is 3.64. The Bertz CT molecular complexity index is 1150. The van der Waals surface area contributed by atoms with Crippen molar-refractivity contribution < 1.29 is 23.1 Å². The molecule has 10 heteroatoms. The molecule has 0 unspecified atom stereocenters.